The predicted molar refractivity (Wildman–Crippen MR) is 141 cm³/mol. The van der Waals surface area contributed by atoms with Gasteiger partial charge in [0, 0.05) is 29.5 Å². The Bertz CT molecular complexity index is 1370. The highest BCUT2D eigenvalue weighted by molar-refractivity contribution is 8.27. The van der Waals surface area contributed by atoms with Gasteiger partial charge in [-0.05, 0) is 74.4 Å². The molecule has 4 heterocycles. The number of nitrogens with one attached hydrogen (secondary N) is 1. The third kappa shape index (κ3) is 4.44. The minimum atomic E-state index is -0.512. The van der Waals surface area contributed by atoms with E-state index in [2.05, 4.69) is 10.1 Å². The van der Waals surface area contributed by atoms with E-state index < -0.39 is 5.91 Å². The molecule has 1 fully saturated rings. The van der Waals surface area contributed by atoms with Crippen LogP contribution in [-0.4, -0.2) is 55.4 Å². The van der Waals surface area contributed by atoms with E-state index in [9.17, 15) is 9.59 Å². The summed E-state index contributed by atoms with van der Waals surface area (Å²) < 4.78 is 1.96. The summed E-state index contributed by atoms with van der Waals surface area (Å²) in [6.45, 7) is 5.37. The Kier molecular flexibility index (Phi) is 6.33. The summed E-state index contributed by atoms with van der Waals surface area (Å²) in [5.41, 5.74) is 3.35. The maximum atomic E-state index is 12.9. The Labute approximate surface area is 216 Å². The lowest BCUT2D eigenvalue weighted by atomic mass is 10.1. The zero-order valence-electron chi connectivity index (χ0n) is 19.1. The molecule has 35 heavy (non-hydrogen) atoms. The molecule has 11 heteroatoms. The number of aryl methyl sites for hydroxylation is 1. The van der Waals surface area contributed by atoms with Crippen LogP contribution in [0.15, 0.2) is 39.9 Å². The van der Waals surface area contributed by atoms with Crippen molar-refractivity contribution in [2.45, 2.75) is 33.1 Å². The van der Waals surface area contributed by atoms with Crippen molar-refractivity contribution in [2.24, 2.45) is 10.1 Å². The Morgan fingerprint density at radius 3 is 2.69 bits per heavy atom. The fourth-order valence-corrected chi connectivity index (χ4v) is 5.67. The van der Waals surface area contributed by atoms with Crippen LogP contribution in [0.4, 0.5) is 0 Å². The summed E-state index contributed by atoms with van der Waals surface area (Å²) in [5.74, 6) is -0.571. The second kappa shape index (κ2) is 9.29. The maximum absolute atomic E-state index is 12.9. The summed E-state index contributed by atoms with van der Waals surface area (Å²) in [7, 11) is 0. The molecule has 3 aliphatic rings. The van der Waals surface area contributed by atoms with Gasteiger partial charge in [0.25, 0.3) is 5.91 Å². The Balaban J connectivity index is 1.43. The van der Waals surface area contributed by atoms with E-state index in [1.807, 2.05) is 29.4 Å². The maximum Gasteiger partial charge on any atom is 0.283 e. The van der Waals surface area contributed by atoms with Gasteiger partial charge in [-0.25, -0.2) is 0 Å². The van der Waals surface area contributed by atoms with Crippen molar-refractivity contribution in [3.8, 4) is 5.69 Å². The minimum Gasteiger partial charge on any atom is -0.342 e. The number of hydrogen-bond donors (Lipinski definition) is 1. The number of fused-ring (bicyclic) bond motifs is 1. The number of aromatic nitrogens is 1. The molecule has 2 amide bonds. The van der Waals surface area contributed by atoms with Crippen molar-refractivity contribution in [3.05, 3.63) is 56.8 Å². The van der Waals surface area contributed by atoms with Crippen LogP contribution >= 0.6 is 35.0 Å². The highest BCUT2D eigenvalue weighted by Gasteiger charge is 2.36. The molecule has 0 saturated carbocycles. The standard InChI is InChI=1S/C24H22Cl2N6O2S/c1-13-9-15(14(2)31(13)19-11-16(25)5-6-18(19)26)10-17-22(27)32-24(28-23(17)34)35-20(29-32)12-21(33)30-7-3-4-8-30/h5-6,9-11,27H,3-4,7-8,12H2,1-2H3/b17-10+,27-22?. The predicted octanol–water partition coefficient (Wildman–Crippen LogP) is 5.03. The molecule has 1 saturated heterocycles. The van der Waals surface area contributed by atoms with Gasteiger partial charge in [0.1, 0.15) is 5.04 Å². The molecular weight excluding hydrogens is 507 g/mol. The van der Waals surface area contributed by atoms with E-state index in [0.29, 0.717) is 20.3 Å². The molecule has 0 bridgehead atoms. The van der Waals surface area contributed by atoms with Crippen LogP contribution in [0.5, 0.6) is 0 Å². The normalized spacial score (nSPS) is 18.9. The number of carbonyl (C=O) groups excluding carboxylic acids is 2. The van der Waals surface area contributed by atoms with Gasteiger partial charge in [-0.3, -0.25) is 15.0 Å². The molecule has 1 N–H and O–H groups in total. The summed E-state index contributed by atoms with van der Waals surface area (Å²) in [6.07, 6.45) is 3.82. The van der Waals surface area contributed by atoms with Crippen LogP contribution in [0.2, 0.25) is 10.0 Å². The average Bonchev–Trinajstić information content (AvgIpc) is 3.53. The molecule has 1 aromatic heterocycles. The van der Waals surface area contributed by atoms with Crippen LogP contribution in [-0.2, 0) is 9.59 Å². The first-order valence-corrected chi connectivity index (χ1v) is 12.7. The number of hydrogen-bond acceptors (Lipinski definition) is 5. The molecule has 0 radical (unpaired) electrons. The van der Waals surface area contributed by atoms with Crippen molar-refractivity contribution < 1.29 is 9.59 Å². The van der Waals surface area contributed by atoms with Gasteiger partial charge in [-0.15, -0.1) is 0 Å². The quantitative estimate of drug-likeness (QED) is 0.562. The molecule has 5 rings (SSSR count). The van der Waals surface area contributed by atoms with Crippen LogP contribution < -0.4 is 0 Å². The SMILES string of the molecule is Cc1cc(/C=C2\C(=N)N3N=C(CC(=O)N4CCCC4)SC3=NC2=O)c(C)n1-c1cc(Cl)ccc1Cl. The molecule has 0 unspecified atom stereocenters. The molecule has 0 spiro atoms. The Hall–Kier alpha value is -2.88. The molecular formula is C24H22Cl2N6O2S. The largest absolute Gasteiger partial charge is 0.342 e. The van der Waals surface area contributed by atoms with Crippen LogP contribution in [0, 0.1) is 19.3 Å². The van der Waals surface area contributed by atoms with E-state index in [1.165, 1.54) is 16.8 Å². The number of aliphatic imine (C=N–C) groups is 1. The average molecular weight is 529 g/mol. The Morgan fingerprint density at radius 2 is 1.94 bits per heavy atom. The Morgan fingerprint density at radius 1 is 1.20 bits per heavy atom. The van der Waals surface area contributed by atoms with Crippen molar-refractivity contribution in [2.75, 3.05) is 13.1 Å². The van der Waals surface area contributed by atoms with Gasteiger partial charge in [0.15, 0.2) is 5.84 Å². The third-order valence-electron chi connectivity index (χ3n) is 6.18. The summed E-state index contributed by atoms with van der Waals surface area (Å²) in [4.78, 5) is 31.3. The number of benzene rings is 1. The van der Waals surface area contributed by atoms with E-state index >= 15 is 0 Å². The van der Waals surface area contributed by atoms with Crippen LogP contribution in [0.1, 0.15) is 36.2 Å². The highest BCUT2D eigenvalue weighted by atomic mass is 35.5. The van der Waals surface area contributed by atoms with E-state index in [-0.39, 0.29) is 23.7 Å². The fourth-order valence-electron chi connectivity index (χ4n) is 4.43. The zero-order valence-corrected chi connectivity index (χ0v) is 21.5. The third-order valence-corrected chi connectivity index (χ3v) is 7.64. The van der Waals surface area contributed by atoms with Gasteiger partial charge in [0.2, 0.25) is 11.1 Å². The van der Waals surface area contributed by atoms with Gasteiger partial charge in [-0.2, -0.15) is 15.1 Å². The molecule has 8 nitrogen and oxygen atoms in total. The van der Waals surface area contributed by atoms with Gasteiger partial charge < -0.3 is 9.47 Å². The lowest BCUT2D eigenvalue weighted by Gasteiger charge is -2.20. The second-order valence-electron chi connectivity index (χ2n) is 8.54. The van der Waals surface area contributed by atoms with Gasteiger partial charge in [-0.1, -0.05) is 23.2 Å². The minimum absolute atomic E-state index is 0.00920. The summed E-state index contributed by atoms with van der Waals surface area (Å²) in [6, 6.07) is 7.17. The lowest BCUT2D eigenvalue weighted by Crippen LogP contribution is -2.35. The van der Waals surface area contributed by atoms with Crippen molar-refractivity contribution in [3.63, 3.8) is 0 Å². The van der Waals surface area contributed by atoms with Crippen LogP contribution in [0.25, 0.3) is 11.8 Å². The first kappa shape index (κ1) is 23.8. The highest BCUT2D eigenvalue weighted by Crippen LogP contribution is 2.32. The summed E-state index contributed by atoms with van der Waals surface area (Å²) >= 11 is 13.8. The number of rotatable bonds is 4. The molecule has 2 aromatic rings. The van der Waals surface area contributed by atoms with Crippen molar-refractivity contribution in [1.29, 1.82) is 5.41 Å². The zero-order chi connectivity index (χ0) is 24.9. The van der Waals surface area contributed by atoms with Gasteiger partial charge >= 0.3 is 0 Å². The number of amidine groups is 2. The monoisotopic (exact) mass is 528 g/mol. The first-order chi connectivity index (χ1) is 16.7. The number of hydrazone groups is 1. The van der Waals surface area contributed by atoms with Crippen molar-refractivity contribution in [1.82, 2.24) is 14.5 Å². The second-order valence-corrected chi connectivity index (χ2v) is 10.4. The van der Waals surface area contributed by atoms with Gasteiger partial charge in [0.05, 0.1) is 22.7 Å². The molecule has 1 aromatic carbocycles. The number of nitrogens with zero attached hydrogens (tertiary/aromatic N) is 5. The number of carbonyl (C=O) groups is 2. The smallest absolute Gasteiger partial charge is 0.283 e. The van der Waals surface area contributed by atoms with E-state index in [1.54, 1.807) is 24.3 Å². The number of halogens is 2. The first-order valence-electron chi connectivity index (χ1n) is 11.1. The summed E-state index contributed by atoms with van der Waals surface area (Å²) in [5, 5.41) is 16.3. The number of likely N-dealkylation sites (tertiary alicyclic amines) is 1. The molecule has 3 aliphatic heterocycles. The molecule has 180 valence electrons. The van der Waals surface area contributed by atoms with Crippen LogP contribution in [0.3, 0.4) is 0 Å². The molecule has 0 atom stereocenters. The van der Waals surface area contributed by atoms with E-state index in [0.717, 1.165) is 48.6 Å². The number of thioether (sulfide) groups is 1. The van der Waals surface area contributed by atoms with Crippen molar-refractivity contribution >= 4 is 68.9 Å². The topological polar surface area (TPSA) is 94.1 Å². The molecule has 0 aliphatic carbocycles. The van der Waals surface area contributed by atoms with E-state index in [4.69, 9.17) is 28.6 Å². The number of amides is 2. The fraction of sp³-hybridized carbons (Fsp3) is 0.292. The lowest BCUT2D eigenvalue weighted by molar-refractivity contribution is -0.128.